The van der Waals surface area contributed by atoms with Gasteiger partial charge >= 0.3 is 0 Å². The second-order valence-electron chi connectivity index (χ2n) is 5.81. The van der Waals surface area contributed by atoms with Crippen molar-refractivity contribution in [3.63, 3.8) is 0 Å². The van der Waals surface area contributed by atoms with Crippen molar-refractivity contribution in [2.75, 3.05) is 24.7 Å². The third kappa shape index (κ3) is 6.55. The molecular formula is C19H22BrN3OS. The van der Waals surface area contributed by atoms with E-state index in [1.807, 2.05) is 37.2 Å². The fourth-order valence-electron chi connectivity index (χ4n) is 2.10. The van der Waals surface area contributed by atoms with Gasteiger partial charge in [-0.15, -0.1) is 11.8 Å². The first kappa shape index (κ1) is 19.5. The molecule has 0 saturated heterocycles. The van der Waals surface area contributed by atoms with Crippen LogP contribution in [0.3, 0.4) is 0 Å². The first-order valence-corrected chi connectivity index (χ1v) is 9.72. The van der Waals surface area contributed by atoms with Crippen molar-refractivity contribution in [3.05, 3.63) is 58.1 Å². The van der Waals surface area contributed by atoms with E-state index in [4.69, 9.17) is 0 Å². The first-order valence-electron chi connectivity index (χ1n) is 7.94. The molecule has 2 aromatic carbocycles. The second-order valence-corrected chi connectivity index (χ2v) is 7.83. The largest absolute Gasteiger partial charge is 0.377 e. The molecule has 132 valence electrons. The summed E-state index contributed by atoms with van der Waals surface area (Å²) in [6.07, 6.45) is 2.08. The molecule has 0 heterocycles. The predicted octanol–water partition coefficient (Wildman–Crippen LogP) is 4.46. The average molecular weight is 420 g/mol. The number of rotatable bonds is 7. The van der Waals surface area contributed by atoms with Crippen molar-refractivity contribution < 1.29 is 4.79 Å². The molecule has 2 aromatic rings. The normalized spacial score (nSPS) is 10.9. The van der Waals surface area contributed by atoms with Crippen LogP contribution in [0.15, 0.2) is 56.9 Å². The molecular weight excluding hydrogens is 398 g/mol. The Balaban J connectivity index is 1.76. The number of halogens is 1. The highest BCUT2D eigenvalue weighted by molar-refractivity contribution is 9.10. The van der Waals surface area contributed by atoms with E-state index in [2.05, 4.69) is 57.6 Å². The third-order valence-corrected chi connectivity index (χ3v) is 5.12. The predicted molar refractivity (Wildman–Crippen MR) is 111 cm³/mol. The van der Waals surface area contributed by atoms with Gasteiger partial charge < -0.3 is 4.90 Å². The van der Waals surface area contributed by atoms with Gasteiger partial charge in [0.05, 0.1) is 11.9 Å². The Morgan fingerprint density at radius 1 is 1.24 bits per heavy atom. The van der Waals surface area contributed by atoms with E-state index in [0.29, 0.717) is 6.42 Å². The molecule has 0 fully saturated rings. The minimum absolute atomic E-state index is 0.0835. The lowest BCUT2D eigenvalue weighted by Gasteiger charge is -2.14. The van der Waals surface area contributed by atoms with Crippen molar-refractivity contribution in [2.45, 2.75) is 18.2 Å². The maximum atomic E-state index is 11.8. The summed E-state index contributed by atoms with van der Waals surface area (Å²) in [6.45, 7) is 2.06. The lowest BCUT2D eigenvalue weighted by molar-refractivity contribution is -0.120. The lowest BCUT2D eigenvalue weighted by atomic mass is 10.2. The maximum absolute atomic E-state index is 11.8. The number of hydrogen-bond acceptors (Lipinski definition) is 4. The van der Waals surface area contributed by atoms with Crippen LogP contribution < -0.4 is 10.3 Å². The van der Waals surface area contributed by atoms with Crippen LogP contribution in [0.4, 0.5) is 5.69 Å². The van der Waals surface area contributed by atoms with Gasteiger partial charge in [-0.2, -0.15) is 5.10 Å². The van der Waals surface area contributed by atoms with Crippen LogP contribution in [-0.4, -0.2) is 32.0 Å². The summed E-state index contributed by atoms with van der Waals surface area (Å²) in [6, 6.07) is 14.2. The quantitative estimate of drug-likeness (QED) is 0.409. The van der Waals surface area contributed by atoms with Crippen LogP contribution in [0.25, 0.3) is 0 Å². The SMILES string of the molecule is Cc1ccc(SCCC(=O)N/N=C\c2ccc(N(C)C)c(Br)c2)cc1. The lowest BCUT2D eigenvalue weighted by Crippen LogP contribution is -2.17. The smallest absolute Gasteiger partial charge is 0.240 e. The number of carbonyl (C=O) groups is 1. The second kappa shape index (κ2) is 9.63. The van der Waals surface area contributed by atoms with E-state index in [0.717, 1.165) is 21.5 Å². The number of carbonyl (C=O) groups excluding carboxylic acids is 1. The van der Waals surface area contributed by atoms with Crippen molar-refractivity contribution in [2.24, 2.45) is 5.10 Å². The summed E-state index contributed by atoms with van der Waals surface area (Å²) in [5.74, 6) is 0.646. The Morgan fingerprint density at radius 2 is 1.96 bits per heavy atom. The molecule has 1 N–H and O–H groups in total. The molecule has 0 atom stereocenters. The summed E-state index contributed by atoms with van der Waals surface area (Å²) in [5, 5.41) is 4.03. The minimum Gasteiger partial charge on any atom is -0.377 e. The summed E-state index contributed by atoms with van der Waals surface area (Å²) < 4.78 is 0.988. The molecule has 4 nitrogen and oxygen atoms in total. The van der Waals surface area contributed by atoms with Crippen LogP contribution >= 0.6 is 27.7 Å². The third-order valence-electron chi connectivity index (χ3n) is 3.48. The van der Waals surface area contributed by atoms with Gasteiger partial charge in [0.2, 0.25) is 5.91 Å². The number of hydrogen-bond donors (Lipinski definition) is 1. The van der Waals surface area contributed by atoms with E-state index in [1.165, 1.54) is 10.5 Å². The number of thioether (sulfide) groups is 1. The highest BCUT2D eigenvalue weighted by atomic mass is 79.9. The van der Waals surface area contributed by atoms with Crippen LogP contribution in [0.5, 0.6) is 0 Å². The van der Waals surface area contributed by atoms with Crippen molar-refractivity contribution in [3.8, 4) is 0 Å². The first-order chi connectivity index (χ1) is 12.0. The molecule has 0 aliphatic rings. The molecule has 0 saturated carbocycles. The van der Waals surface area contributed by atoms with Gasteiger partial charge in [-0.25, -0.2) is 5.43 Å². The Labute approximate surface area is 161 Å². The Kier molecular flexibility index (Phi) is 7.52. The average Bonchev–Trinajstić information content (AvgIpc) is 2.56. The molecule has 0 spiro atoms. The summed E-state index contributed by atoms with van der Waals surface area (Å²) >= 11 is 5.21. The number of nitrogens with zero attached hydrogens (tertiary/aromatic N) is 2. The molecule has 0 unspecified atom stereocenters. The fraction of sp³-hybridized carbons (Fsp3) is 0.263. The molecule has 6 heteroatoms. The number of aryl methyl sites for hydroxylation is 1. The van der Waals surface area contributed by atoms with Gasteiger partial charge in [0, 0.05) is 35.6 Å². The van der Waals surface area contributed by atoms with Crippen molar-refractivity contribution >= 4 is 45.5 Å². The number of hydrazone groups is 1. The number of anilines is 1. The molecule has 25 heavy (non-hydrogen) atoms. The minimum atomic E-state index is -0.0835. The van der Waals surface area contributed by atoms with E-state index >= 15 is 0 Å². The van der Waals surface area contributed by atoms with Crippen LogP contribution in [0.1, 0.15) is 17.5 Å². The van der Waals surface area contributed by atoms with E-state index in [9.17, 15) is 4.79 Å². The van der Waals surface area contributed by atoms with E-state index in [1.54, 1.807) is 18.0 Å². The molecule has 0 radical (unpaired) electrons. The Bertz CT molecular complexity index is 745. The van der Waals surface area contributed by atoms with Crippen LogP contribution in [-0.2, 0) is 4.79 Å². The summed E-state index contributed by atoms with van der Waals surface area (Å²) in [5.41, 5.74) is 5.83. The molecule has 0 aromatic heterocycles. The topological polar surface area (TPSA) is 44.7 Å². The van der Waals surface area contributed by atoms with Gasteiger partial charge in [-0.3, -0.25) is 4.79 Å². The summed E-state index contributed by atoms with van der Waals surface area (Å²) in [4.78, 5) is 15.0. The highest BCUT2D eigenvalue weighted by Crippen LogP contribution is 2.25. The van der Waals surface area contributed by atoms with Gasteiger partial charge in [-0.05, 0) is 52.7 Å². The zero-order valence-electron chi connectivity index (χ0n) is 14.6. The van der Waals surface area contributed by atoms with Gasteiger partial charge in [0.25, 0.3) is 0 Å². The fourth-order valence-corrected chi connectivity index (χ4v) is 3.70. The maximum Gasteiger partial charge on any atom is 0.240 e. The Hall–Kier alpha value is -1.79. The van der Waals surface area contributed by atoms with E-state index < -0.39 is 0 Å². The zero-order chi connectivity index (χ0) is 18.2. The van der Waals surface area contributed by atoms with Crippen molar-refractivity contribution in [1.82, 2.24) is 5.43 Å². The summed E-state index contributed by atoms with van der Waals surface area (Å²) in [7, 11) is 3.98. The monoisotopic (exact) mass is 419 g/mol. The number of nitrogens with one attached hydrogen (secondary N) is 1. The molecule has 0 aliphatic carbocycles. The molecule has 0 bridgehead atoms. The van der Waals surface area contributed by atoms with Crippen LogP contribution in [0.2, 0.25) is 0 Å². The van der Waals surface area contributed by atoms with Crippen LogP contribution in [0, 0.1) is 6.92 Å². The highest BCUT2D eigenvalue weighted by Gasteiger charge is 2.03. The molecule has 2 rings (SSSR count). The zero-order valence-corrected chi connectivity index (χ0v) is 17.0. The van der Waals surface area contributed by atoms with Crippen molar-refractivity contribution in [1.29, 1.82) is 0 Å². The van der Waals surface area contributed by atoms with E-state index in [-0.39, 0.29) is 5.91 Å². The molecule has 1 amide bonds. The molecule has 0 aliphatic heterocycles. The van der Waals surface area contributed by atoms with Gasteiger partial charge in [-0.1, -0.05) is 23.8 Å². The number of benzene rings is 2. The standard InChI is InChI=1S/C19H22BrN3OS/c1-14-4-7-16(8-5-14)25-11-10-19(24)22-21-13-15-6-9-18(23(2)3)17(20)12-15/h4-9,12-13H,10-11H2,1-3H3,(H,22,24)/b21-13-. The van der Waals surface area contributed by atoms with Gasteiger partial charge in [0.15, 0.2) is 0 Å². The van der Waals surface area contributed by atoms with Gasteiger partial charge in [0.1, 0.15) is 0 Å². The number of amides is 1. The Morgan fingerprint density at radius 3 is 2.60 bits per heavy atom.